The van der Waals surface area contributed by atoms with Gasteiger partial charge in [0.15, 0.2) is 0 Å². The van der Waals surface area contributed by atoms with Gasteiger partial charge in [0.1, 0.15) is 0 Å². The smallest absolute Gasteiger partial charge is 0.320 e. The van der Waals surface area contributed by atoms with Crippen LogP contribution in [0.15, 0.2) is 71.4 Å². The molecular weight excluding hydrogens is 366 g/mol. The minimum Gasteiger partial charge on any atom is -0.403 e. The van der Waals surface area contributed by atoms with Gasteiger partial charge in [-0.25, -0.2) is 0 Å². The number of nitrogens with zero attached hydrogens (tertiary/aromatic N) is 3. The standard InChI is InChI=1S/C22H19N5O2/c1-14-5-3-7-19(15(14)2)25-22-27-26-21(29-22)16-8-10-18(11-9-16)24-20(28)17-6-4-12-23-13-17/h3-13H,1-2H3,(H,24,28)(H,25,27). The molecule has 2 aromatic heterocycles. The minimum absolute atomic E-state index is 0.219. The molecule has 0 unspecified atom stereocenters. The summed E-state index contributed by atoms with van der Waals surface area (Å²) in [6.45, 7) is 4.09. The second-order valence-electron chi connectivity index (χ2n) is 6.56. The lowest BCUT2D eigenvalue weighted by Crippen LogP contribution is -2.11. The van der Waals surface area contributed by atoms with E-state index in [1.807, 2.05) is 44.2 Å². The van der Waals surface area contributed by atoms with E-state index >= 15 is 0 Å². The van der Waals surface area contributed by atoms with E-state index in [-0.39, 0.29) is 5.91 Å². The number of rotatable bonds is 5. The van der Waals surface area contributed by atoms with Gasteiger partial charge >= 0.3 is 6.01 Å². The van der Waals surface area contributed by atoms with Crippen LogP contribution in [0.2, 0.25) is 0 Å². The average molecular weight is 385 g/mol. The molecule has 0 aliphatic rings. The van der Waals surface area contributed by atoms with Crippen LogP contribution in [-0.4, -0.2) is 21.1 Å². The fourth-order valence-corrected chi connectivity index (χ4v) is 2.79. The molecule has 29 heavy (non-hydrogen) atoms. The van der Waals surface area contributed by atoms with Crippen LogP contribution >= 0.6 is 0 Å². The Morgan fingerprint density at radius 3 is 2.55 bits per heavy atom. The normalized spacial score (nSPS) is 10.6. The minimum atomic E-state index is -0.219. The molecule has 0 atom stereocenters. The van der Waals surface area contributed by atoms with Gasteiger partial charge in [0.2, 0.25) is 5.89 Å². The molecule has 4 aromatic rings. The molecule has 0 aliphatic carbocycles. The number of aryl methyl sites for hydroxylation is 1. The predicted octanol–water partition coefficient (Wildman–Crippen LogP) is 4.74. The summed E-state index contributed by atoms with van der Waals surface area (Å²) in [5, 5.41) is 14.1. The number of nitrogens with one attached hydrogen (secondary N) is 2. The first-order chi connectivity index (χ1) is 14.1. The highest BCUT2D eigenvalue weighted by Crippen LogP contribution is 2.26. The van der Waals surface area contributed by atoms with Crippen molar-refractivity contribution in [1.82, 2.24) is 15.2 Å². The van der Waals surface area contributed by atoms with Crippen LogP contribution in [0.1, 0.15) is 21.5 Å². The SMILES string of the molecule is Cc1cccc(Nc2nnc(-c3ccc(NC(=O)c4cccnc4)cc3)o2)c1C. The van der Waals surface area contributed by atoms with Crippen LogP contribution in [0.5, 0.6) is 0 Å². The number of carbonyl (C=O) groups excluding carboxylic acids is 1. The van der Waals surface area contributed by atoms with Crippen LogP contribution in [0.4, 0.5) is 17.4 Å². The summed E-state index contributed by atoms with van der Waals surface area (Å²) in [6, 6.07) is 16.9. The first kappa shape index (κ1) is 18.4. The van der Waals surface area contributed by atoms with Crippen molar-refractivity contribution in [1.29, 1.82) is 0 Å². The third-order valence-electron chi connectivity index (χ3n) is 4.58. The molecule has 7 nitrogen and oxygen atoms in total. The molecule has 0 saturated carbocycles. The van der Waals surface area contributed by atoms with Crippen molar-refractivity contribution in [2.24, 2.45) is 0 Å². The number of benzene rings is 2. The molecule has 7 heteroatoms. The lowest BCUT2D eigenvalue weighted by molar-refractivity contribution is 0.102. The average Bonchev–Trinajstić information content (AvgIpc) is 3.21. The molecule has 2 aromatic carbocycles. The quantitative estimate of drug-likeness (QED) is 0.515. The predicted molar refractivity (Wildman–Crippen MR) is 111 cm³/mol. The number of aromatic nitrogens is 3. The van der Waals surface area contributed by atoms with E-state index in [1.165, 1.54) is 11.8 Å². The molecule has 0 spiro atoms. The first-order valence-electron chi connectivity index (χ1n) is 9.09. The monoisotopic (exact) mass is 385 g/mol. The summed E-state index contributed by atoms with van der Waals surface area (Å²) in [5.74, 6) is 0.173. The van der Waals surface area contributed by atoms with Crippen molar-refractivity contribution in [2.75, 3.05) is 10.6 Å². The van der Waals surface area contributed by atoms with Crippen LogP contribution in [0.25, 0.3) is 11.5 Å². The number of hydrogen-bond donors (Lipinski definition) is 2. The van der Waals surface area contributed by atoms with Crippen molar-refractivity contribution in [3.8, 4) is 11.5 Å². The molecule has 0 bridgehead atoms. The zero-order valence-electron chi connectivity index (χ0n) is 16.0. The summed E-state index contributed by atoms with van der Waals surface area (Å²) in [6.07, 6.45) is 3.14. The molecule has 2 heterocycles. The molecule has 0 aliphatic heterocycles. The highest BCUT2D eigenvalue weighted by molar-refractivity contribution is 6.04. The zero-order valence-corrected chi connectivity index (χ0v) is 16.0. The highest BCUT2D eigenvalue weighted by Gasteiger charge is 2.11. The summed E-state index contributed by atoms with van der Waals surface area (Å²) < 4.78 is 5.73. The van der Waals surface area contributed by atoms with E-state index in [0.29, 0.717) is 23.2 Å². The fraction of sp³-hybridized carbons (Fsp3) is 0.0909. The molecule has 0 saturated heterocycles. The van der Waals surface area contributed by atoms with Gasteiger partial charge < -0.3 is 15.1 Å². The molecule has 0 radical (unpaired) electrons. The van der Waals surface area contributed by atoms with Gasteiger partial charge in [0, 0.05) is 29.3 Å². The maximum absolute atomic E-state index is 12.2. The van der Waals surface area contributed by atoms with E-state index in [0.717, 1.165) is 16.8 Å². The molecule has 0 fully saturated rings. The Labute approximate surface area is 167 Å². The second kappa shape index (κ2) is 7.93. The van der Waals surface area contributed by atoms with Crippen molar-refractivity contribution in [3.05, 3.63) is 83.7 Å². The first-order valence-corrected chi connectivity index (χ1v) is 9.09. The number of carbonyl (C=O) groups is 1. The Hall–Kier alpha value is -4.00. The number of anilines is 3. The van der Waals surface area contributed by atoms with Gasteiger partial charge in [-0.15, -0.1) is 5.10 Å². The molecule has 4 rings (SSSR count). The van der Waals surface area contributed by atoms with Crippen molar-refractivity contribution in [2.45, 2.75) is 13.8 Å². The van der Waals surface area contributed by atoms with Crippen LogP contribution in [-0.2, 0) is 0 Å². The van der Waals surface area contributed by atoms with Gasteiger partial charge in [0.05, 0.1) is 5.56 Å². The Bertz CT molecular complexity index is 1140. The maximum Gasteiger partial charge on any atom is 0.320 e. The van der Waals surface area contributed by atoms with E-state index in [4.69, 9.17) is 4.42 Å². The van der Waals surface area contributed by atoms with Crippen LogP contribution in [0.3, 0.4) is 0 Å². The molecule has 144 valence electrons. The lowest BCUT2D eigenvalue weighted by Gasteiger charge is -2.07. The van der Waals surface area contributed by atoms with Crippen LogP contribution in [0, 0.1) is 13.8 Å². The lowest BCUT2D eigenvalue weighted by atomic mass is 10.1. The van der Waals surface area contributed by atoms with E-state index < -0.39 is 0 Å². The van der Waals surface area contributed by atoms with Crippen molar-refractivity contribution < 1.29 is 9.21 Å². The van der Waals surface area contributed by atoms with Crippen molar-refractivity contribution >= 4 is 23.3 Å². The Morgan fingerprint density at radius 1 is 0.966 bits per heavy atom. The van der Waals surface area contributed by atoms with E-state index in [2.05, 4.69) is 25.8 Å². The molecule has 1 amide bonds. The summed E-state index contributed by atoms with van der Waals surface area (Å²) in [5.41, 5.74) is 5.14. The van der Waals surface area contributed by atoms with Gasteiger partial charge in [-0.3, -0.25) is 9.78 Å². The summed E-state index contributed by atoms with van der Waals surface area (Å²) in [7, 11) is 0. The van der Waals surface area contributed by atoms with Gasteiger partial charge in [-0.1, -0.05) is 17.2 Å². The topological polar surface area (TPSA) is 92.9 Å². The fourth-order valence-electron chi connectivity index (χ4n) is 2.79. The zero-order chi connectivity index (χ0) is 20.2. The van der Waals surface area contributed by atoms with Gasteiger partial charge in [-0.2, -0.15) is 0 Å². The van der Waals surface area contributed by atoms with E-state index in [1.54, 1.807) is 30.5 Å². The van der Waals surface area contributed by atoms with Gasteiger partial charge in [0.25, 0.3) is 5.91 Å². The molecular formula is C22H19N5O2. The van der Waals surface area contributed by atoms with Crippen LogP contribution < -0.4 is 10.6 Å². The largest absolute Gasteiger partial charge is 0.403 e. The van der Waals surface area contributed by atoms with Gasteiger partial charge in [-0.05, 0) is 67.4 Å². The third-order valence-corrected chi connectivity index (χ3v) is 4.58. The summed E-state index contributed by atoms with van der Waals surface area (Å²) in [4.78, 5) is 16.1. The highest BCUT2D eigenvalue weighted by atomic mass is 16.4. The van der Waals surface area contributed by atoms with E-state index in [9.17, 15) is 4.79 Å². The number of hydrogen-bond acceptors (Lipinski definition) is 6. The maximum atomic E-state index is 12.2. The molecule has 2 N–H and O–H groups in total. The Balaban J connectivity index is 1.46. The Morgan fingerprint density at radius 2 is 1.79 bits per heavy atom. The van der Waals surface area contributed by atoms with Crippen molar-refractivity contribution in [3.63, 3.8) is 0 Å². The third kappa shape index (κ3) is 4.14. The summed E-state index contributed by atoms with van der Waals surface area (Å²) >= 11 is 0. The number of pyridine rings is 1. The Kier molecular flexibility index (Phi) is 5.03. The second-order valence-corrected chi connectivity index (χ2v) is 6.56. The number of amides is 1.